The number of benzene rings is 2. The Morgan fingerprint density at radius 1 is 1.03 bits per heavy atom. The molecule has 0 aliphatic carbocycles. The van der Waals surface area contributed by atoms with Crippen LogP contribution in [0.25, 0.3) is 22.2 Å². The zero-order valence-electron chi connectivity index (χ0n) is 16.1. The first-order valence-corrected chi connectivity index (χ1v) is 10.0. The zero-order valence-corrected chi connectivity index (χ0v) is 16.9. The lowest BCUT2D eigenvalue weighted by molar-refractivity contribution is -0.141. The van der Waals surface area contributed by atoms with E-state index in [4.69, 9.17) is 4.74 Å². The Hall–Kier alpha value is -3.40. The summed E-state index contributed by atoms with van der Waals surface area (Å²) in [5.41, 5.74) is -0.230. The monoisotopic (exact) mass is 444 g/mol. The van der Waals surface area contributed by atoms with E-state index < -0.39 is 11.9 Å². The number of hydrogen-bond acceptors (Lipinski definition) is 6. The Morgan fingerprint density at radius 2 is 1.77 bits per heavy atom. The quantitative estimate of drug-likeness (QED) is 0.355. The molecule has 2 aromatic heterocycles. The Morgan fingerprint density at radius 3 is 2.48 bits per heavy atom. The van der Waals surface area contributed by atoms with Crippen LogP contribution in [0.5, 0.6) is 5.75 Å². The molecule has 31 heavy (non-hydrogen) atoms. The molecule has 10 heteroatoms. The van der Waals surface area contributed by atoms with Crippen molar-refractivity contribution in [3.05, 3.63) is 76.5 Å². The topological polar surface area (TPSA) is 80.8 Å². The molecule has 0 atom stereocenters. The highest BCUT2D eigenvalue weighted by molar-refractivity contribution is 7.98. The number of alkyl halides is 3. The maximum atomic E-state index is 13.4. The maximum absolute atomic E-state index is 13.4. The number of thioether (sulfide) groups is 1. The highest BCUT2D eigenvalue weighted by Gasteiger charge is 2.34. The molecule has 0 saturated heterocycles. The minimum Gasteiger partial charge on any atom is -0.497 e. The van der Waals surface area contributed by atoms with Gasteiger partial charge in [-0.25, -0.2) is 15.0 Å². The summed E-state index contributed by atoms with van der Waals surface area (Å²) >= 11 is 0.958. The summed E-state index contributed by atoms with van der Waals surface area (Å²) < 4.78 is 45.3. The lowest BCUT2D eigenvalue weighted by Gasteiger charge is -2.11. The molecule has 0 bridgehead atoms. The second-order valence-corrected chi connectivity index (χ2v) is 7.41. The molecule has 2 aromatic carbocycles. The summed E-state index contributed by atoms with van der Waals surface area (Å²) in [5, 5.41) is 0.366. The van der Waals surface area contributed by atoms with E-state index in [1.807, 2.05) is 0 Å². The SMILES string of the molecule is COc1ccc(-c2cc(C(F)(F)F)nc(SCc3nc4ccccc4c(=O)[nH]3)n2)cc1. The molecule has 0 fully saturated rings. The van der Waals surface area contributed by atoms with Gasteiger partial charge in [0.25, 0.3) is 5.56 Å². The van der Waals surface area contributed by atoms with Crippen LogP contribution in [0, 0.1) is 0 Å². The van der Waals surface area contributed by atoms with Crippen LogP contribution in [0.1, 0.15) is 11.5 Å². The number of halogens is 3. The number of nitrogens with zero attached hydrogens (tertiary/aromatic N) is 3. The second-order valence-electron chi connectivity index (χ2n) is 6.47. The molecule has 2 heterocycles. The predicted octanol–water partition coefficient (Wildman–Crippen LogP) is 4.70. The Labute approximate surface area is 178 Å². The molecule has 4 aromatic rings. The van der Waals surface area contributed by atoms with Gasteiger partial charge in [0, 0.05) is 5.56 Å². The van der Waals surface area contributed by atoms with Gasteiger partial charge in [0.05, 0.1) is 29.5 Å². The summed E-state index contributed by atoms with van der Waals surface area (Å²) in [6.07, 6.45) is -4.63. The van der Waals surface area contributed by atoms with Crippen molar-refractivity contribution in [2.75, 3.05) is 7.11 Å². The first-order chi connectivity index (χ1) is 14.8. The molecule has 0 saturated carbocycles. The standard InChI is InChI=1S/C21H15F3N4O2S/c1-30-13-8-6-12(7-9-13)16-10-17(21(22,23)24)27-20(26-16)31-11-18-25-15-5-3-2-4-14(15)19(29)28-18/h2-10H,11H2,1H3,(H,25,28,29). The van der Waals surface area contributed by atoms with Gasteiger partial charge < -0.3 is 9.72 Å². The Kier molecular flexibility index (Phi) is 5.64. The van der Waals surface area contributed by atoms with E-state index in [0.29, 0.717) is 28.0 Å². The average molecular weight is 444 g/mol. The van der Waals surface area contributed by atoms with Gasteiger partial charge in [-0.05, 0) is 42.5 Å². The molecule has 0 unspecified atom stereocenters. The van der Waals surface area contributed by atoms with Crippen molar-refractivity contribution in [3.8, 4) is 17.0 Å². The van der Waals surface area contributed by atoms with E-state index >= 15 is 0 Å². The molecular formula is C21H15F3N4O2S. The molecule has 0 amide bonds. The number of nitrogens with one attached hydrogen (secondary N) is 1. The molecule has 0 spiro atoms. The molecule has 0 aliphatic rings. The normalized spacial score (nSPS) is 11.6. The highest BCUT2D eigenvalue weighted by atomic mass is 32.2. The fraction of sp³-hybridized carbons (Fsp3) is 0.143. The number of hydrogen-bond donors (Lipinski definition) is 1. The number of aromatic nitrogens is 4. The van der Waals surface area contributed by atoms with Crippen molar-refractivity contribution >= 4 is 22.7 Å². The van der Waals surface area contributed by atoms with Crippen LogP contribution in [0.2, 0.25) is 0 Å². The average Bonchev–Trinajstić information content (AvgIpc) is 2.77. The molecule has 6 nitrogen and oxygen atoms in total. The van der Waals surface area contributed by atoms with E-state index in [0.717, 1.165) is 17.8 Å². The number of methoxy groups -OCH3 is 1. The van der Waals surface area contributed by atoms with Gasteiger partial charge in [0.2, 0.25) is 0 Å². The van der Waals surface area contributed by atoms with Crippen molar-refractivity contribution in [1.29, 1.82) is 0 Å². The van der Waals surface area contributed by atoms with Crippen molar-refractivity contribution < 1.29 is 17.9 Å². The maximum Gasteiger partial charge on any atom is 0.433 e. The molecule has 158 valence electrons. The predicted molar refractivity (Wildman–Crippen MR) is 111 cm³/mol. The number of rotatable bonds is 5. The van der Waals surface area contributed by atoms with Gasteiger partial charge in [0.15, 0.2) is 5.16 Å². The third-order valence-corrected chi connectivity index (χ3v) is 5.24. The minimum absolute atomic E-state index is 0.0727. The molecule has 4 rings (SSSR count). The van der Waals surface area contributed by atoms with Crippen LogP contribution >= 0.6 is 11.8 Å². The summed E-state index contributed by atoms with van der Waals surface area (Å²) in [5.74, 6) is 0.999. The largest absolute Gasteiger partial charge is 0.497 e. The molecule has 1 N–H and O–H groups in total. The highest BCUT2D eigenvalue weighted by Crippen LogP contribution is 2.33. The zero-order chi connectivity index (χ0) is 22.0. The fourth-order valence-corrected chi connectivity index (χ4v) is 3.61. The number of ether oxygens (including phenoxy) is 1. The third kappa shape index (κ3) is 4.69. The fourth-order valence-electron chi connectivity index (χ4n) is 2.88. The van der Waals surface area contributed by atoms with E-state index in [9.17, 15) is 18.0 Å². The lowest BCUT2D eigenvalue weighted by Crippen LogP contribution is -2.12. The van der Waals surface area contributed by atoms with Crippen LogP contribution in [0.3, 0.4) is 0 Å². The first-order valence-electron chi connectivity index (χ1n) is 9.05. The summed E-state index contributed by atoms with van der Waals surface area (Å²) in [6.45, 7) is 0. The summed E-state index contributed by atoms with van der Waals surface area (Å²) in [4.78, 5) is 27.1. The van der Waals surface area contributed by atoms with E-state index in [1.165, 1.54) is 7.11 Å². The molecule has 0 radical (unpaired) electrons. The van der Waals surface area contributed by atoms with Crippen LogP contribution < -0.4 is 10.3 Å². The van der Waals surface area contributed by atoms with Crippen molar-refractivity contribution in [2.24, 2.45) is 0 Å². The van der Waals surface area contributed by atoms with Crippen molar-refractivity contribution in [1.82, 2.24) is 19.9 Å². The number of fused-ring (bicyclic) bond motifs is 1. The van der Waals surface area contributed by atoms with Crippen LogP contribution in [0.4, 0.5) is 13.2 Å². The Balaban J connectivity index is 1.66. The lowest BCUT2D eigenvalue weighted by atomic mass is 10.1. The van der Waals surface area contributed by atoms with Gasteiger partial charge in [-0.2, -0.15) is 13.2 Å². The van der Waals surface area contributed by atoms with Gasteiger partial charge in [0.1, 0.15) is 17.3 Å². The van der Waals surface area contributed by atoms with Gasteiger partial charge in [-0.3, -0.25) is 4.79 Å². The van der Waals surface area contributed by atoms with Gasteiger partial charge in [-0.15, -0.1) is 0 Å². The minimum atomic E-state index is -4.63. The van der Waals surface area contributed by atoms with E-state index in [1.54, 1.807) is 48.5 Å². The molecule has 0 aliphatic heterocycles. The van der Waals surface area contributed by atoms with Gasteiger partial charge >= 0.3 is 6.18 Å². The smallest absolute Gasteiger partial charge is 0.433 e. The van der Waals surface area contributed by atoms with Crippen LogP contribution in [-0.2, 0) is 11.9 Å². The van der Waals surface area contributed by atoms with E-state index in [2.05, 4.69) is 19.9 Å². The van der Waals surface area contributed by atoms with Gasteiger partial charge in [-0.1, -0.05) is 23.9 Å². The van der Waals surface area contributed by atoms with E-state index in [-0.39, 0.29) is 22.2 Å². The second kappa shape index (κ2) is 8.38. The number of aromatic amines is 1. The molecular weight excluding hydrogens is 429 g/mol. The summed E-state index contributed by atoms with van der Waals surface area (Å²) in [7, 11) is 1.50. The van der Waals surface area contributed by atoms with Crippen LogP contribution in [0.15, 0.2) is 64.5 Å². The number of H-pyrrole nitrogens is 1. The number of para-hydroxylation sites is 1. The summed E-state index contributed by atoms with van der Waals surface area (Å²) in [6, 6.07) is 14.3. The van der Waals surface area contributed by atoms with Crippen LogP contribution in [-0.4, -0.2) is 27.0 Å². The Bertz CT molecular complexity index is 1290. The third-order valence-electron chi connectivity index (χ3n) is 4.38. The van der Waals surface area contributed by atoms with Crippen molar-refractivity contribution in [2.45, 2.75) is 17.1 Å². The van der Waals surface area contributed by atoms with Crippen molar-refractivity contribution in [3.63, 3.8) is 0 Å². The first kappa shape index (κ1) is 20.9.